The molecular weight excluding hydrogens is 138 g/mol. The van der Waals surface area contributed by atoms with Crippen LogP contribution < -0.4 is 0 Å². The number of nitrogens with zero attached hydrogens (tertiary/aromatic N) is 1. The predicted octanol–water partition coefficient (Wildman–Crippen LogP) is 1.17. The molecule has 0 heterocycles. The normalized spacial score (nSPS) is 11.1. The fourth-order valence-corrected chi connectivity index (χ4v) is 1.28. The Labute approximate surface area is 68.3 Å². The first kappa shape index (κ1) is 10.2. The van der Waals surface area contributed by atoms with Gasteiger partial charge in [-0.3, -0.25) is 0 Å². The highest BCUT2D eigenvalue weighted by Crippen LogP contribution is 1.99. The van der Waals surface area contributed by atoms with Crippen LogP contribution >= 0.6 is 0 Å². The summed E-state index contributed by atoms with van der Waals surface area (Å²) >= 11 is 0. The van der Waals surface area contributed by atoms with Gasteiger partial charge < -0.3 is 4.57 Å². The van der Waals surface area contributed by atoms with Crippen molar-refractivity contribution in [3.05, 3.63) is 0 Å². The lowest BCUT2D eigenvalue weighted by Gasteiger charge is -2.12. The van der Waals surface area contributed by atoms with Crippen LogP contribution in [-0.2, 0) is 0 Å². The molecular formula is C8H21NSi. The maximum absolute atomic E-state index is 2.51. The first-order chi connectivity index (χ1) is 4.81. The van der Waals surface area contributed by atoms with Crippen molar-refractivity contribution in [1.29, 1.82) is 0 Å². The summed E-state index contributed by atoms with van der Waals surface area (Å²) in [4.78, 5) is 0. The van der Waals surface area contributed by atoms with E-state index in [0.29, 0.717) is 0 Å². The van der Waals surface area contributed by atoms with Crippen molar-refractivity contribution in [3.8, 4) is 0 Å². The van der Waals surface area contributed by atoms with Gasteiger partial charge in [0.25, 0.3) is 0 Å². The summed E-state index contributed by atoms with van der Waals surface area (Å²) in [6.07, 6.45) is 5.60. The Balaban J connectivity index is 2.89. The molecule has 0 aliphatic rings. The Bertz CT molecular complexity index is 66.3. The molecule has 0 unspecified atom stereocenters. The molecule has 0 aliphatic carbocycles. The van der Waals surface area contributed by atoms with E-state index in [0.717, 1.165) is 0 Å². The summed E-state index contributed by atoms with van der Waals surface area (Å²) in [6, 6.07) is 0. The summed E-state index contributed by atoms with van der Waals surface area (Å²) in [5.74, 6) is 0. The largest absolute Gasteiger partial charge is 0.332 e. The molecule has 0 spiro atoms. The van der Waals surface area contributed by atoms with E-state index in [1.807, 2.05) is 0 Å². The second-order valence-corrected chi connectivity index (χ2v) is 4.22. The highest BCUT2D eigenvalue weighted by Gasteiger charge is 1.92. The lowest BCUT2D eigenvalue weighted by atomic mass is 10.2. The lowest BCUT2D eigenvalue weighted by molar-refractivity contribution is 0.451. The molecule has 0 saturated heterocycles. The first-order valence-electron chi connectivity index (χ1n) is 4.49. The maximum Gasteiger partial charge on any atom is 0.0784 e. The molecule has 0 amide bonds. The monoisotopic (exact) mass is 159 g/mol. The molecule has 1 nitrogen and oxygen atoms in total. The second kappa shape index (κ2) is 7.29. The quantitative estimate of drug-likeness (QED) is 0.415. The van der Waals surface area contributed by atoms with Crippen LogP contribution in [0.3, 0.4) is 0 Å². The van der Waals surface area contributed by atoms with Crippen LogP contribution in [0.15, 0.2) is 0 Å². The van der Waals surface area contributed by atoms with Crippen LogP contribution in [0.5, 0.6) is 0 Å². The molecule has 0 saturated carbocycles. The molecule has 0 atom stereocenters. The Hall–Kier alpha value is 0.177. The van der Waals surface area contributed by atoms with Crippen LogP contribution in [0.4, 0.5) is 0 Å². The van der Waals surface area contributed by atoms with Crippen LogP contribution in [0, 0.1) is 0 Å². The van der Waals surface area contributed by atoms with E-state index in [4.69, 9.17) is 0 Å². The highest BCUT2D eigenvalue weighted by atomic mass is 28.2. The van der Waals surface area contributed by atoms with Gasteiger partial charge in [0, 0.05) is 0 Å². The average Bonchev–Trinajstić information content (AvgIpc) is 1.98. The van der Waals surface area contributed by atoms with E-state index in [-0.39, 0.29) is 0 Å². The van der Waals surface area contributed by atoms with Gasteiger partial charge in [-0.05, 0) is 19.5 Å². The Kier molecular flexibility index (Phi) is 7.41. The van der Waals surface area contributed by atoms with Crippen molar-refractivity contribution >= 4 is 10.4 Å². The summed E-state index contributed by atoms with van der Waals surface area (Å²) in [5.41, 5.74) is 0. The van der Waals surface area contributed by atoms with Gasteiger partial charge >= 0.3 is 0 Å². The van der Waals surface area contributed by atoms with Gasteiger partial charge in [0.05, 0.1) is 10.4 Å². The first-order valence-corrected chi connectivity index (χ1v) is 5.39. The number of hydrogen-bond donors (Lipinski definition) is 0. The number of unbranched alkanes of at least 4 members (excludes halogenated alkanes) is 3. The van der Waals surface area contributed by atoms with Crippen molar-refractivity contribution < 1.29 is 0 Å². The maximum atomic E-state index is 2.51. The fourth-order valence-electron chi connectivity index (χ4n) is 0.967. The predicted molar refractivity (Wildman–Crippen MR) is 51.3 cm³/mol. The molecule has 0 rings (SSSR count). The highest BCUT2D eigenvalue weighted by molar-refractivity contribution is 6.04. The van der Waals surface area contributed by atoms with Crippen molar-refractivity contribution in [3.63, 3.8) is 0 Å². The van der Waals surface area contributed by atoms with Crippen LogP contribution in [0.25, 0.3) is 0 Å². The fraction of sp³-hybridized carbons (Fsp3) is 1.00. The van der Waals surface area contributed by atoms with Crippen molar-refractivity contribution in [1.82, 2.24) is 4.57 Å². The van der Waals surface area contributed by atoms with Crippen molar-refractivity contribution in [2.24, 2.45) is 0 Å². The minimum Gasteiger partial charge on any atom is -0.332 e. The number of rotatable bonds is 6. The summed E-state index contributed by atoms with van der Waals surface area (Å²) in [7, 11) is 1.24. The molecule has 0 aromatic heterocycles. The van der Waals surface area contributed by atoms with Gasteiger partial charge in [0.2, 0.25) is 0 Å². The Morgan fingerprint density at radius 3 is 2.30 bits per heavy atom. The van der Waals surface area contributed by atoms with Gasteiger partial charge in [0.15, 0.2) is 0 Å². The van der Waals surface area contributed by atoms with E-state index < -0.39 is 0 Å². The standard InChI is InChI=1S/C8H21NSi/c1-3-5-6-7-8-9(10)4-2/h3-8H2,1-2,10H3. The van der Waals surface area contributed by atoms with Gasteiger partial charge in [-0.25, -0.2) is 0 Å². The van der Waals surface area contributed by atoms with Gasteiger partial charge in [-0.15, -0.1) is 0 Å². The van der Waals surface area contributed by atoms with E-state index in [9.17, 15) is 0 Å². The molecule has 10 heavy (non-hydrogen) atoms. The van der Waals surface area contributed by atoms with E-state index in [1.54, 1.807) is 0 Å². The molecule has 0 N–H and O–H groups in total. The third-order valence-corrected chi connectivity index (χ3v) is 3.01. The van der Waals surface area contributed by atoms with E-state index >= 15 is 0 Å². The third kappa shape index (κ3) is 6.30. The Morgan fingerprint density at radius 2 is 1.80 bits per heavy atom. The topological polar surface area (TPSA) is 3.24 Å². The van der Waals surface area contributed by atoms with E-state index in [2.05, 4.69) is 18.4 Å². The third-order valence-electron chi connectivity index (χ3n) is 1.93. The zero-order valence-electron chi connectivity index (χ0n) is 7.69. The summed E-state index contributed by atoms with van der Waals surface area (Å²) in [5, 5.41) is 0. The smallest absolute Gasteiger partial charge is 0.0784 e. The molecule has 0 aromatic carbocycles. The van der Waals surface area contributed by atoms with Gasteiger partial charge in [-0.2, -0.15) is 0 Å². The van der Waals surface area contributed by atoms with Crippen LogP contribution in [-0.4, -0.2) is 28.1 Å². The minimum atomic E-state index is 1.24. The van der Waals surface area contributed by atoms with E-state index in [1.165, 1.54) is 49.2 Å². The SMILES string of the molecule is CCCCCCN([SiH3])CC. The second-order valence-electron chi connectivity index (χ2n) is 2.96. The number of hydrogen-bond acceptors (Lipinski definition) is 1. The van der Waals surface area contributed by atoms with Gasteiger partial charge in [-0.1, -0.05) is 33.1 Å². The molecule has 0 aliphatic heterocycles. The average molecular weight is 159 g/mol. The molecule has 0 radical (unpaired) electrons. The summed E-state index contributed by atoms with van der Waals surface area (Å²) < 4.78 is 2.51. The molecule has 0 bridgehead atoms. The van der Waals surface area contributed by atoms with Crippen molar-refractivity contribution in [2.75, 3.05) is 13.1 Å². The van der Waals surface area contributed by atoms with Crippen LogP contribution in [0.1, 0.15) is 39.5 Å². The molecule has 62 valence electrons. The molecule has 0 aromatic rings. The molecule has 2 heteroatoms. The summed E-state index contributed by atoms with van der Waals surface area (Å²) in [6.45, 7) is 7.09. The van der Waals surface area contributed by atoms with Crippen LogP contribution in [0.2, 0.25) is 0 Å². The minimum absolute atomic E-state index is 1.24. The van der Waals surface area contributed by atoms with Crippen molar-refractivity contribution in [2.45, 2.75) is 39.5 Å². The Morgan fingerprint density at radius 1 is 1.10 bits per heavy atom. The lowest BCUT2D eigenvalue weighted by Crippen LogP contribution is -2.20. The molecule has 0 fully saturated rings. The van der Waals surface area contributed by atoms with Gasteiger partial charge in [0.1, 0.15) is 0 Å². The zero-order chi connectivity index (χ0) is 7.82. The zero-order valence-corrected chi connectivity index (χ0v) is 9.69.